The average molecular weight is 487 g/mol. The van der Waals surface area contributed by atoms with Crippen molar-refractivity contribution in [2.24, 2.45) is 29.4 Å². The Morgan fingerprint density at radius 3 is 2.26 bits per heavy atom. The standard InChI is InChI=1S/C26H38N4O3S/c1-34-8-7-21(27)25(32)28-15-23(31)29-22(14-16-5-3-2-4-6-16)26(33)30-24-19-10-17-9-18(12-19)13-20(24)11-17/h2-6,17-22,24H,7-15,27H2,1H3,(H,28,32)(H,29,31)(H,30,33)/t17?,18?,19?,20?,21-,22-,24?/m1/s1. The highest BCUT2D eigenvalue weighted by Crippen LogP contribution is 2.53. The molecule has 186 valence electrons. The Kier molecular flexibility index (Phi) is 8.53. The first-order valence-corrected chi connectivity index (χ1v) is 14.0. The van der Waals surface area contributed by atoms with Crippen molar-refractivity contribution in [1.82, 2.24) is 16.0 Å². The Hall–Kier alpha value is -2.06. The van der Waals surface area contributed by atoms with Crippen LogP contribution in [0.5, 0.6) is 0 Å². The molecule has 0 heterocycles. The van der Waals surface area contributed by atoms with E-state index in [0.29, 0.717) is 24.7 Å². The summed E-state index contributed by atoms with van der Waals surface area (Å²) in [7, 11) is 0. The van der Waals surface area contributed by atoms with E-state index < -0.39 is 12.1 Å². The van der Waals surface area contributed by atoms with Crippen LogP contribution in [0.25, 0.3) is 0 Å². The van der Waals surface area contributed by atoms with Crippen molar-refractivity contribution in [3.05, 3.63) is 35.9 Å². The summed E-state index contributed by atoms with van der Waals surface area (Å²) in [6.45, 7) is -0.192. The number of nitrogens with one attached hydrogen (secondary N) is 3. The molecule has 4 aliphatic carbocycles. The molecule has 7 nitrogen and oxygen atoms in total. The Balaban J connectivity index is 1.35. The summed E-state index contributed by atoms with van der Waals surface area (Å²) in [6.07, 6.45) is 9.16. The Morgan fingerprint density at radius 2 is 1.65 bits per heavy atom. The molecule has 3 amide bonds. The SMILES string of the molecule is CSCC[C@@H](N)C(=O)NCC(=O)N[C@H](Cc1ccccc1)C(=O)NC1C2CC3CC(C2)CC1C3. The maximum atomic E-state index is 13.4. The molecule has 4 aliphatic rings. The van der Waals surface area contributed by atoms with Crippen LogP contribution >= 0.6 is 11.8 Å². The summed E-state index contributed by atoms with van der Waals surface area (Å²) in [5, 5.41) is 8.80. The molecule has 0 saturated heterocycles. The molecule has 0 unspecified atom stereocenters. The number of carbonyl (C=O) groups excluding carboxylic acids is 3. The van der Waals surface area contributed by atoms with Crippen molar-refractivity contribution in [2.75, 3.05) is 18.6 Å². The fourth-order valence-corrected chi connectivity index (χ4v) is 6.89. The molecule has 0 spiro atoms. The van der Waals surface area contributed by atoms with Crippen molar-refractivity contribution in [1.29, 1.82) is 0 Å². The van der Waals surface area contributed by atoms with Crippen LogP contribution in [-0.4, -0.2) is 54.4 Å². The third-order valence-corrected chi connectivity index (χ3v) is 8.51. The van der Waals surface area contributed by atoms with E-state index in [9.17, 15) is 14.4 Å². The molecular weight excluding hydrogens is 448 g/mol. The molecule has 0 aliphatic heterocycles. The first-order chi connectivity index (χ1) is 16.4. The van der Waals surface area contributed by atoms with Crippen molar-refractivity contribution in [2.45, 2.75) is 63.1 Å². The second-order valence-corrected chi connectivity index (χ2v) is 11.4. The highest BCUT2D eigenvalue weighted by atomic mass is 32.2. The maximum absolute atomic E-state index is 13.4. The lowest BCUT2D eigenvalue weighted by molar-refractivity contribution is -0.131. The van der Waals surface area contributed by atoms with E-state index in [-0.39, 0.29) is 30.3 Å². The van der Waals surface area contributed by atoms with Gasteiger partial charge in [-0.1, -0.05) is 30.3 Å². The lowest BCUT2D eigenvalue weighted by Gasteiger charge is -2.54. The van der Waals surface area contributed by atoms with Crippen molar-refractivity contribution >= 4 is 29.5 Å². The maximum Gasteiger partial charge on any atom is 0.243 e. The van der Waals surface area contributed by atoms with Crippen molar-refractivity contribution < 1.29 is 14.4 Å². The third kappa shape index (κ3) is 6.33. The van der Waals surface area contributed by atoms with Crippen molar-refractivity contribution in [3.8, 4) is 0 Å². The normalized spacial score (nSPS) is 28.7. The number of thioether (sulfide) groups is 1. The van der Waals surface area contributed by atoms with Crippen LogP contribution in [0, 0.1) is 23.7 Å². The number of rotatable bonds is 11. The monoisotopic (exact) mass is 486 g/mol. The smallest absolute Gasteiger partial charge is 0.243 e. The minimum Gasteiger partial charge on any atom is -0.351 e. The van der Waals surface area contributed by atoms with E-state index in [1.807, 2.05) is 36.6 Å². The van der Waals surface area contributed by atoms with Crippen molar-refractivity contribution in [3.63, 3.8) is 0 Å². The number of carbonyl (C=O) groups is 3. The molecule has 1 aromatic rings. The first-order valence-electron chi connectivity index (χ1n) is 12.6. The molecule has 2 atom stereocenters. The van der Waals surface area contributed by atoms with Gasteiger partial charge in [-0.2, -0.15) is 11.8 Å². The predicted molar refractivity (Wildman–Crippen MR) is 135 cm³/mol. The van der Waals surface area contributed by atoms with Crippen LogP contribution in [0.2, 0.25) is 0 Å². The average Bonchev–Trinajstić information content (AvgIpc) is 2.82. The Bertz CT molecular complexity index is 837. The predicted octanol–water partition coefficient (Wildman–Crippen LogP) is 1.85. The molecule has 8 heteroatoms. The van der Waals surface area contributed by atoms with E-state index >= 15 is 0 Å². The molecule has 5 rings (SSSR count). The van der Waals surface area contributed by atoms with Gasteiger partial charge in [0, 0.05) is 12.5 Å². The lowest BCUT2D eigenvalue weighted by Crippen LogP contribution is -2.59. The minimum absolute atomic E-state index is 0.127. The molecule has 0 aromatic heterocycles. The molecule has 4 saturated carbocycles. The van der Waals surface area contributed by atoms with Gasteiger partial charge in [0.1, 0.15) is 6.04 Å². The first kappa shape index (κ1) is 25.0. The van der Waals surface area contributed by atoms with Crippen LogP contribution in [0.4, 0.5) is 0 Å². The number of hydrogen-bond donors (Lipinski definition) is 4. The van der Waals surface area contributed by atoms with Crippen LogP contribution in [0.3, 0.4) is 0 Å². The summed E-state index contributed by atoms with van der Waals surface area (Å²) in [4.78, 5) is 38.2. The number of benzene rings is 1. The van der Waals surface area contributed by atoms with E-state index in [2.05, 4.69) is 16.0 Å². The fourth-order valence-electron chi connectivity index (χ4n) is 6.40. The molecule has 0 radical (unpaired) electrons. The topological polar surface area (TPSA) is 113 Å². The highest BCUT2D eigenvalue weighted by molar-refractivity contribution is 7.98. The summed E-state index contributed by atoms with van der Waals surface area (Å²) in [5.41, 5.74) is 6.86. The number of nitrogens with two attached hydrogens (primary N) is 1. The van der Waals surface area contributed by atoms with Crippen LogP contribution < -0.4 is 21.7 Å². The van der Waals surface area contributed by atoms with E-state index in [4.69, 9.17) is 5.73 Å². The minimum atomic E-state index is -0.686. The fraction of sp³-hybridized carbons (Fsp3) is 0.654. The van der Waals surface area contributed by atoms with Gasteiger partial charge in [-0.05, 0) is 79.8 Å². The van der Waals surface area contributed by atoms with Gasteiger partial charge in [0.05, 0.1) is 12.6 Å². The summed E-state index contributed by atoms with van der Waals surface area (Å²) in [5.74, 6) is 2.73. The largest absolute Gasteiger partial charge is 0.351 e. The van der Waals surface area contributed by atoms with E-state index in [0.717, 1.165) is 23.2 Å². The van der Waals surface area contributed by atoms with Gasteiger partial charge in [0.25, 0.3) is 0 Å². The zero-order valence-electron chi connectivity index (χ0n) is 20.0. The number of hydrogen-bond acceptors (Lipinski definition) is 5. The highest BCUT2D eigenvalue weighted by Gasteiger charge is 2.49. The molecule has 4 fully saturated rings. The van der Waals surface area contributed by atoms with Gasteiger partial charge in [-0.25, -0.2) is 0 Å². The van der Waals surface area contributed by atoms with Crippen LogP contribution in [-0.2, 0) is 20.8 Å². The lowest BCUT2D eigenvalue weighted by atomic mass is 9.54. The molecule has 1 aromatic carbocycles. The molecule has 5 N–H and O–H groups in total. The Labute approximate surface area is 206 Å². The van der Waals surface area contributed by atoms with Gasteiger partial charge in [-0.3, -0.25) is 14.4 Å². The van der Waals surface area contributed by atoms with Gasteiger partial charge in [0.2, 0.25) is 17.7 Å². The van der Waals surface area contributed by atoms with E-state index in [1.165, 1.54) is 32.1 Å². The third-order valence-electron chi connectivity index (χ3n) is 7.86. The molecular formula is C26H38N4O3S. The van der Waals surface area contributed by atoms with Gasteiger partial charge >= 0.3 is 0 Å². The number of amides is 3. The Morgan fingerprint density at radius 1 is 1.00 bits per heavy atom. The second-order valence-electron chi connectivity index (χ2n) is 10.4. The quantitative estimate of drug-likeness (QED) is 0.381. The van der Waals surface area contributed by atoms with E-state index in [1.54, 1.807) is 11.8 Å². The summed E-state index contributed by atoms with van der Waals surface area (Å²) >= 11 is 1.62. The zero-order chi connectivity index (χ0) is 24.1. The van der Waals surface area contributed by atoms with Gasteiger partial charge in [0.15, 0.2) is 0 Å². The van der Waals surface area contributed by atoms with Gasteiger partial charge < -0.3 is 21.7 Å². The molecule has 4 bridgehead atoms. The zero-order valence-corrected chi connectivity index (χ0v) is 20.8. The summed E-state index contributed by atoms with van der Waals surface area (Å²) in [6, 6.07) is 8.60. The van der Waals surface area contributed by atoms with Crippen LogP contribution in [0.1, 0.15) is 44.1 Å². The van der Waals surface area contributed by atoms with Gasteiger partial charge in [-0.15, -0.1) is 0 Å². The second kappa shape index (κ2) is 11.6. The summed E-state index contributed by atoms with van der Waals surface area (Å²) < 4.78 is 0. The molecule has 34 heavy (non-hydrogen) atoms. The van der Waals surface area contributed by atoms with Crippen LogP contribution in [0.15, 0.2) is 30.3 Å².